The first-order valence-electron chi connectivity index (χ1n) is 5.43. The van der Waals surface area contributed by atoms with Gasteiger partial charge in [0.05, 0.1) is 0 Å². The van der Waals surface area contributed by atoms with Crippen molar-refractivity contribution in [1.29, 1.82) is 0 Å². The minimum absolute atomic E-state index is 0. The van der Waals surface area contributed by atoms with Crippen molar-refractivity contribution >= 4 is 6.08 Å². The Morgan fingerprint density at radius 2 is 1.56 bits per heavy atom. The van der Waals surface area contributed by atoms with Crippen LogP contribution in [0.25, 0.3) is 17.2 Å². The van der Waals surface area contributed by atoms with Gasteiger partial charge < -0.3 is 24.8 Å². The quantitative estimate of drug-likeness (QED) is 0.534. The van der Waals surface area contributed by atoms with Gasteiger partial charge in [0.2, 0.25) is 0 Å². The average Bonchev–Trinajstić information content (AvgIpc) is 2.72. The fraction of sp³-hybridized carbons (Fsp3) is 0.0667. The van der Waals surface area contributed by atoms with E-state index in [1.807, 2.05) is 0 Å². The van der Waals surface area contributed by atoms with Gasteiger partial charge in [0.15, 0.2) is 0 Å². The van der Waals surface area contributed by atoms with Crippen LogP contribution in [-0.2, 0) is 20.4 Å². The van der Waals surface area contributed by atoms with E-state index in [1.165, 1.54) is 22.3 Å². The normalized spacial score (nSPS) is 15.6. The van der Waals surface area contributed by atoms with Gasteiger partial charge in [0, 0.05) is 0 Å². The van der Waals surface area contributed by atoms with E-state index in [1.54, 1.807) is 0 Å². The van der Waals surface area contributed by atoms with Gasteiger partial charge in [0.25, 0.3) is 0 Å². The standard InChI is InChI=1S/C15H11.2ClH.Ti/c1-2-5-12(6-3-1)15-10-9-13-7-4-8-14(13)11-15;;;/h1-11H;2*1H;/q;;;+2/p-2. The Balaban J connectivity index is 0.000000810. The summed E-state index contributed by atoms with van der Waals surface area (Å²) < 4.78 is 0.569. The van der Waals surface area contributed by atoms with E-state index >= 15 is 0 Å². The fourth-order valence-electron chi connectivity index (χ4n) is 2.12. The van der Waals surface area contributed by atoms with Crippen LogP contribution in [0, 0.1) is 0 Å². The van der Waals surface area contributed by atoms with Crippen LogP contribution in [0.5, 0.6) is 0 Å². The molecule has 0 N–H and O–H groups in total. The van der Waals surface area contributed by atoms with Crippen molar-refractivity contribution in [2.24, 2.45) is 0 Å². The number of fused-ring (bicyclic) bond motifs is 1. The second-order valence-corrected chi connectivity index (χ2v) is 5.02. The van der Waals surface area contributed by atoms with Crippen LogP contribution in [0.2, 0.25) is 0 Å². The molecular weight excluding hydrogens is 299 g/mol. The number of hydrogen-bond acceptors (Lipinski definition) is 0. The molecule has 0 radical (unpaired) electrons. The molecule has 0 saturated heterocycles. The Morgan fingerprint density at radius 1 is 0.833 bits per heavy atom. The molecule has 2 aromatic rings. The van der Waals surface area contributed by atoms with E-state index in [0.29, 0.717) is 4.22 Å². The summed E-state index contributed by atoms with van der Waals surface area (Å²) in [5.74, 6) is 0. The monoisotopic (exact) mass is 309 g/mol. The number of allylic oxidation sites excluding steroid dienone is 1. The summed E-state index contributed by atoms with van der Waals surface area (Å²) in [5.41, 5.74) is 5.41. The molecule has 0 fully saturated rings. The van der Waals surface area contributed by atoms with E-state index in [9.17, 15) is 0 Å². The van der Waals surface area contributed by atoms with E-state index in [-0.39, 0.29) is 24.8 Å². The van der Waals surface area contributed by atoms with E-state index < -0.39 is 0 Å². The molecule has 1 unspecified atom stereocenters. The molecular formula is C15H11Cl2Ti. The Kier molecular flexibility index (Phi) is 5.68. The molecule has 0 aromatic heterocycles. The summed E-state index contributed by atoms with van der Waals surface area (Å²) in [6.07, 6.45) is 4.49. The van der Waals surface area contributed by atoms with Crippen molar-refractivity contribution in [2.75, 3.05) is 0 Å². The molecule has 18 heavy (non-hydrogen) atoms. The van der Waals surface area contributed by atoms with Crippen molar-refractivity contribution in [2.45, 2.75) is 4.22 Å². The molecule has 0 heterocycles. The molecule has 3 rings (SSSR count). The molecule has 0 saturated carbocycles. The first-order chi connectivity index (χ1) is 7.84. The molecule has 3 heteroatoms. The molecule has 1 atom stereocenters. The molecule has 0 amide bonds. The first kappa shape index (κ1) is 15.5. The molecule has 0 nitrogen and oxygen atoms in total. The molecule has 0 bridgehead atoms. The summed E-state index contributed by atoms with van der Waals surface area (Å²) in [5, 5.41) is 0. The first-order valence-corrected chi connectivity index (χ1v) is 6.33. The van der Waals surface area contributed by atoms with Crippen molar-refractivity contribution in [3.63, 3.8) is 0 Å². The predicted octanol–water partition coefficient (Wildman–Crippen LogP) is -2.02. The zero-order valence-electron chi connectivity index (χ0n) is 9.61. The maximum absolute atomic E-state index is 2.28. The van der Waals surface area contributed by atoms with Crippen LogP contribution in [-0.4, -0.2) is 0 Å². The van der Waals surface area contributed by atoms with Crippen LogP contribution < -0.4 is 24.8 Å². The van der Waals surface area contributed by atoms with Crippen LogP contribution in [0.3, 0.4) is 0 Å². The Morgan fingerprint density at radius 3 is 2.28 bits per heavy atom. The summed E-state index contributed by atoms with van der Waals surface area (Å²) in [7, 11) is 0. The molecule has 2 aromatic carbocycles. The van der Waals surface area contributed by atoms with Crippen molar-refractivity contribution < 1.29 is 45.2 Å². The van der Waals surface area contributed by atoms with Crippen molar-refractivity contribution in [1.82, 2.24) is 0 Å². The SMILES string of the molecule is [Cl-].[Cl-].[Ti+2][CH]1C=Cc2cc(-c3ccccc3)ccc21. The van der Waals surface area contributed by atoms with Crippen LogP contribution in [0.1, 0.15) is 15.3 Å². The van der Waals surface area contributed by atoms with Gasteiger partial charge in [-0.2, -0.15) is 0 Å². The van der Waals surface area contributed by atoms with Crippen LogP contribution in [0.4, 0.5) is 0 Å². The number of hydrogen-bond donors (Lipinski definition) is 0. The third kappa shape index (κ3) is 2.89. The van der Waals surface area contributed by atoms with Crippen LogP contribution in [0.15, 0.2) is 54.6 Å². The topological polar surface area (TPSA) is 0 Å². The molecule has 89 valence electrons. The second kappa shape index (κ2) is 6.59. The van der Waals surface area contributed by atoms with E-state index in [2.05, 4.69) is 81.1 Å². The molecule has 1 aliphatic rings. The summed E-state index contributed by atoms with van der Waals surface area (Å²) in [6, 6.07) is 17.3. The number of rotatable bonds is 1. The third-order valence-corrected chi connectivity index (χ3v) is 3.78. The number of halogens is 2. The number of benzene rings is 2. The molecule has 0 aliphatic heterocycles. The summed E-state index contributed by atoms with van der Waals surface area (Å²) >= 11 is 2.24. The minimum atomic E-state index is 0. The van der Waals surface area contributed by atoms with Gasteiger partial charge in [0.1, 0.15) is 0 Å². The summed E-state index contributed by atoms with van der Waals surface area (Å²) in [6.45, 7) is 0. The van der Waals surface area contributed by atoms with Gasteiger partial charge in [-0.3, -0.25) is 0 Å². The Bertz CT molecular complexity index is 550. The van der Waals surface area contributed by atoms with Gasteiger partial charge in [-0.1, -0.05) is 0 Å². The zero-order chi connectivity index (χ0) is 11.0. The Hall–Kier alpha value is -0.526. The Labute approximate surface area is 132 Å². The predicted molar refractivity (Wildman–Crippen MR) is 63.7 cm³/mol. The maximum atomic E-state index is 2.28. The third-order valence-electron chi connectivity index (χ3n) is 3.00. The second-order valence-electron chi connectivity index (χ2n) is 4.05. The van der Waals surface area contributed by atoms with E-state index in [0.717, 1.165) is 0 Å². The zero-order valence-corrected chi connectivity index (χ0v) is 12.7. The van der Waals surface area contributed by atoms with Gasteiger partial charge in [-0.05, 0) is 0 Å². The fourth-order valence-corrected chi connectivity index (χ4v) is 2.68. The summed E-state index contributed by atoms with van der Waals surface area (Å²) in [4.78, 5) is 0. The average molecular weight is 310 g/mol. The van der Waals surface area contributed by atoms with Crippen LogP contribution >= 0.6 is 0 Å². The molecule has 0 spiro atoms. The van der Waals surface area contributed by atoms with Gasteiger partial charge >= 0.3 is 108 Å². The molecule has 1 aliphatic carbocycles. The van der Waals surface area contributed by atoms with E-state index in [4.69, 9.17) is 0 Å². The van der Waals surface area contributed by atoms with Gasteiger partial charge in [-0.25, -0.2) is 0 Å². The van der Waals surface area contributed by atoms with Crippen molar-refractivity contribution in [3.05, 3.63) is 65.7 Å². The van der Waals surface area contributed by atoms with Gasteiger partial charge in [-0.15, -0.1) is 0 Å². The van der Waals surface area contributed by atoms with Crippen molar-refractivity contribution in [3.8, 4) is 11.1 Å².